The lowest BCUT2D eigenvalue weighted by Crippen LogP contribution is -2.31. The fraction of sp³-hybridized carbons (Fsp3) is 0.290. The first-order chi connectivity index (χ1) is 18.1. The highest BCUT2D eigenvalue weighted by molar-refractivity contribution is 7.80. The minimum absolute atomic E-state index is 0.00819. The summed E-state index contributed by atoms with van der Waals surface area (Å²) in [5.74, 6) is 0. The summed E-state index contributed by atoms with van der Waals surface area (Å²) in [7, 11) is 0. The van der Waals surface area contributed by atoms with Crippen molar-refractivity contribution < 1.29 is 0 Å². The molecule has 6 heteroatoms. The minimum atomic E-state index is -0.00819. The van der Waals surface area contributed by atoms with E-state index >= 15 is 0 Å². The largest absolute Gasteiger partial charge is 0.385 e. The van der Waals surface area contributed by atoms with Gasteiger partial charge in [-0.25, -0.2) is 0 Å². The predicted molar refractivity (Wildman–Crippen MR) is 156 cm³/mol. The molecule has 0 radical (unpaired) electrons. The molecule has 5 nitrogen and oxygen atoms in total. The van der Waals surface area contributed by atoms with Crippen molar-refractivity contribution in [3.63, 3.8) is 0 Å². The van der Waals surface area contributed by atoms with Crippen LogP contribution >= 0.6 is 12.2 Å². The van der Waals surface area contributed by atoms with Gasteiger partial charge in [-0.1, -0.05) is 49.4 Å². The highest BCUT2D eigenvalue weighted by Crippen LogP contribution is 2.41. The minimum Gasteiger partial charge on any atom is -0.385 e. The summed E-state index contributed by atoms with van der Waals surface area (Å²) in [5, 5.41) is 7.93. The molecule has 0 aliphatic carbocycles. The second kappa shape index (κ2) is 11.2. The molecule has 0 spiro atoms. The van der Waals surface area contributed by atoms with Gasteiger partial charge in [-0.15, -0.1) is 0 Å². The molecule has 2 aromatic heterocycles. The summed E-state index contributed by atoms with van der Waals surface area (Å²) >= 11 is 5.91. The van der Waals surface area contributed by atoms with Crippen LogP contribution in [-0.4, -0.2) is 32.7 Å². The Morgan fingerprint density at radius 1 is 0.973 bits per heavy atom. The third-order valence-electron chi connectivity index (χ3n) is 7.28. The summed E-state index contributed by atoms with van der Waals surface area (Å²) < 4.78 is 2.40. The number of nitrogens with zero attached hydrogens (tertiary/aromatic N) is 3. The third kappa shape index (κ3) is 5.12. The van der Waals surface area contributed by atoms with Crippen LogP contribution in [0.25, 0.3) is 5.69 Å². The van der Waals surface area contributed by atoms with Crippen molar-refractivity contribution in [2.24, 2.45) is 0 Å². The molecule has 2 unspecified atom stereocenters. The molecule has 37 heavy (non-hydrogen) atoms. The number of aromatic nitrogens is 2. The number of nitrogens with one attached hydrogen (secondary N) is 2. The molecule has 2 N–H and O–H groups in total. The van der Waals surface area contributed by atoms with E-state index in [9.17, 15) is 0 Å². The van der Waals surface area contributed by atoms with Crippen LogP contribution in [0.3, 0.4) is 0 Å². The van der Waals surface area contributed by atoms with Crippen molar-refractivity contribution in [3.8, 4) is 5.69 Å². The van der Waals surface area contributed by atoms with Gasteiger partial charge in [-0.3, -0.25) is 4.98 Å². The van der Waals surface area contributed by atoms with Crippen LogP contribution in [0.2, 0.25) is 0 Å². The van der Waals surface area contributed by atoms with E-state index in [-0.39, 0.29) is 12.1 Å². The van der Waals surface area contributed by atoms with Gasteiger partial charge >= 0.3 is 0 Å². The van der Waals surface area contributed by atoms with Gasteiger partial charge in [0.1, 0.15) is 0 Å². The molecule has 1 fully saturated rings. The van der Waals surface area contributed by atoms with Crippen LogP contribution in [-0.2, 0) is 6.42 Å². The number of benzene rings is 2. The Morgan fingerprint density at radius 2 is 1.73 bits per heavy atom. The van der Waals surface area contributed by atoms with Crippen LogP contribution < -0.4 is 10.6 Å². The SMILES string of the molecule is CCc1ccccc1-n1c(C)cc(C2C(c3ccccn3)NC(=S)N2CCCNc2ccccc2)c1C. The standard InChI is InChI=1S/C31H35N5S/c1-4-24-13-8-9-17-28(24)36-22(2)21-26(23(36)3)30-29(27-16-10-11-18-33-27)34-31(37)35(30)20-12-19-32-25-14-6-5-7-15-25/h5-11,13-18,21,29-30,32H,4,12,19-20H2,1-3H3,(H,34,37). The van der Waals surface area contributed by atoms with Gasteiger partial charge in [0.2, 0.25) is 0 Å². The number of hydrogen-bond donors (Lipinski definition) is 2. The molecule has 0 saturated carbocycles. The summed E-state index contributed by atoms with van der Waals surface area (Å²) in [6.45, 7) is 8.39. The van der Waals surface area contributed by atoms with Crippen molar-refractivity contribution in [1.29, 1.82) is 0 Å². The molecule has 2 atom stereocenters. The molecule has 190 valence electrons. The molecular formula is C31H35N5S. The highest BCUT2D eigenvalue weighted by atomic mass is 32.1. The number of anilines is 1. The van der Waals surface area contributed by atoms with Gasteiger partial charge in [0.05, 0.1) is 17.8 Å². The van der Waals surface area contributed by atoms with E-state index in [1.807, 2.05) is 18.3 Å². The first kappa shape index (κ1) is 25.0. The van der Waals surface area contributed by atoms with Crippen LogP contribution in [0.15, 0.2) is 85.1 Å². The zero-order valence-corrected chi connectivity index (χ0v) is 22.6. The first-order valence-electron chi connectivity index (χ1n) is 13.1. The Morgan fingerprint density at radius 3 is 2.49 bits per heavy atom. The Balaban J connectivity index is 1.47. The Hall–Kier alpha value is -3.64. The van der Waals surface area contributed by atoms with Crippen LogP contribution in [0, 0.1) is 13.8 Å². The van der Waals surface area contributed by atoms with Gasteiger partial charge in [0.25, 0.3) is 0 Å². The second-order valence-corrected chi connectivity index (χ2v) is 10.00. The lowest BCUT2D eigenvalue weighted by Gasteiger charge is -2.28. The van der Waals surface area contributed by atoms with Gasteiger partial charge in [-0.2, -0.15) is 0 Å². The van der Waals surface area contributed by atoms with Crippen molar-refractivity contribution in [3.05, 3.63) is 113 Å². The fourth-order valence-corrected chi connectivity index (χ4v) is 5.84. The molecule has 0 amide bonds. The molecule has 5 rings (SSSR count). The van der Waals surface area contributed by atoms with E-state index in [4.69, 9.17) is 17.2 Å². The molecular weight excluding hydrogens is 474 g/mol. The zero-order chi connectivity index (χ0) is 25.8. The lowest BCUT2D eigenvalue weighted by molar-refractivity contribution is 0.315. The van der Waals surface area contributed by atoms with E-state index in [1.165, 1.54) is 28.2 Å². The van der Waals surface area contributed by atoms with Crippen molar-refractivity contribution in [1.82, 2.24) is 19.8 Å². The van der Waals surface area contributed by atoms with Crippen LogP contribution in [0.4, 0.5) is 5.69 Å². The number of hydrogen-bond acceptors (Lipinski definition) is 3. The maximum absolute atomic E-state index is 5.91. The summed E-state index contributed by atoms with van der Waals surface area (Å²) in [6, 6.07) is 27.6. The van der Waals surface area contributed by atoms with Crippen LogP contribution in [0.5, 0.6) is 0 Å². The smallest absolute Gasteiger partial charge is 0.170 e. The number of pyridine rings is 1. The molecule has 4 aromatic rings. The maximum Gasteiger partial charge on any atom is 0.170 e. The van der Waals surface area contributed by atoms with Crippen LogP contribution in [0.1, 0.15) is 53.6 Å². The predicted octanol–water partition coefficient (Wildman–Crippen LogP) is 6.53. The molecule has 2 aromatic carbocycles. The average Bonchev–Trinajstić information content (AvgIpc) is 3.41. The van der Waals surface area contributed by atoms with Gasteiger partial charge in [-0.05, 0) is 86.4 Å². The van der Waals surface area contributed by atoms with Crippen molar-refractivity contribution in [2.45, 2.75) is 45.7 Å². The van der Waals surface area contributed by atoms with E-state index in [2.05, 4.69) is 108 Å². The van der Waals surface area contributed by atoms with Gasteiger partial charge < -0.3 is 20.1 Å². The Kier molecular flexibility index (Phi) is 7.56. The Bertz CT molecular complexity index is 1350. The molecule has 1 aliphatic rings. The van der Waals surface area contributed by atoms with Crippen molar-refractivity contribution in [2.75, 3.05) is 18.4 Å². The number of rotatable bonds is 9. The fourth-order valence-electron chi connectivity index (χ4n) is 5.51. The van der Waals surface area contributed by atoms with E-state index in [0.717, 1.165) is 42.4 Å². The number of aryl methyl sites for hydroxylation is 2. The van der Waals surface area contributed by atoms with E-state index in [1.54, 1.807) is 0 Å². The van der Waals surface area contributed by atoms with Gasteiger partial charge in [0, 0.05) is 42.0 Å². The summed E-state index contributed by atoms with van der Waals surface area (Å²) in [4.78, 5) is 7.08. The number of para-hydroxylation sites is 2. The number of thiocarbonyl (C=S) groups is 1. The second-order valence-electron chi connectivity index (χ2n) is 9.61. The quantitative estimate of drug-likeness (QED) is 0.198. The molecule has 0 bridgehead atoms. The first-order valence-corrected chi connectivity index (χ1v) is 13.5. The summed E-state index contributed by atoms with van der Waals surface area (Å²) in [6.07, 6.45) is 3.83. The topological polar surface area (TPSA) is 45.1 Å². The molecule has 1 saturated heterocycles. The van der Waals surface area contributed by atoms with E-state index in [0.29, 0.717) is 0 Å². The van der Waals surface area contributed by atoms with Crippen molar-refractivity contribution >= 4 is 23.0 Å². The third-order valence-corrected chi connectivity index (χ3v) is 7.63. The summed E-state index contributed by atoms with van der Waals surface area (Å²) in [5.41, 5.74) is 8.54. The van der Waals surface area contributed by atoms with E-state index < -0.39 is 0 Å². The Labute approximate surface area is 225 Å². The normalized spacial score (nSPS) is 17.2. The highest BCUT2D eigenvalue weighted by Gasteiger charge is 2.41. The zero-order valence-electron chi connectivity index (χ0n) is 21.8. The molecule has 1 aliphatic heterocycles. The molecule has 3 heterocycles. The lowest BCUT2D eigenvalue weighted by atomic mass is 9.96. The maximum atomic E-state index is 5.91. The average molecular weight is 510 g/mol. The van der Waals surface area contributed by atoms with Gasteiger partial charge in [0.15, 0.2) is 5.11 Å². The monoisotopic (exact) mass is 509 g/mol.